The largest absolute Gasteiger partial charge is 0.444 e. The van der Waals surface area contributed by atoms with Crippen LogP contribution in [0.15, 0.2) is 41.8 Å². The van der Waals surface area contributed by atoms with E-state index in [0.717, 1.165) is 12.8 Å². The highest BCUT2D eigenvalue weighted by Crippen LogP contribution is 2.18. The first-order valence-electron chi connectivity index (χ1n) is 9.93. The number of hydrogen-bond donors (Lipinski definition) is 3. The molecule has 2 rings (SSSR count). The van der Waals surface area contributed by atoms with E-state index in [4.69, 9.17) is 4.74 Å². The van der Waals surface area contributed by atoms with Crippen LogP contribution in [0.2, 0.25) is 0 Å². The van der Waals surface area contributed by atoms with Gasteiger partial charge in [-0.2, -0.15) is 0 Å². The number of anilines is 2. The van der Waals surface area contributed by atoms with Crippen molar-refractivity contribution in [2.75, 3.05) is 10.6 Å². The number of amides is 3. The van der Waals surface area contributed by atoms with Crippen LogP contribution >= 0.6 is 11.3 Å². The molecule has 8 heteroatoms. The van der Waals surface area contributed by atoms with E-state index in [1.165, 1.54) is 11.3 Å². The molecule has 0 radical (unpaired) electrons. The zero-order valence-electron chi connectivity index (χ0n) is 17.8. The standard InChI is InChI=1S/C22H29N3O4S/c1-5-6-11-17(25-21(28)29-22(2,3)4)19(26)23-15-9-7-10-16(14-15)24-20(27)18-12-8-13-30-18/h7-10,12-14,17H,5-6,11H2,1-4H3,(H,23,26)(H,24,27)(H,25,28)/t17-/m1/s1. The van der Waals surface area contributed by atoms with Gasteiger partial charge in [0.25, 0.3) is 5.91 Å². The van der Waals surface area contributed by atoms with Gasteiger partial charge in [0.2, 0.25) is 5.91 Å². The molecule has 2 aromatic rings. The fourth-order valence-corrected chi connectivity index (χ4v) is 3.25. The van der Waals surface area contributed by atoms with Crippen LogP contribution in [-0.2, 0) is 9.53 Å². The number of carbonyl (C=O) groups is 3. The highest BCUT2D eigenvalue weighted by molar-refractivity contribution is 7.12. The van der Waals surface area contributed by atoms with E-state index < -0.39 is 17.7 Å². The molecule has 0 saturated carbocycles. The second-order valence-corrected chi connectivity index (χ2v) is 8.79. The van der Waals surface area contributed by atoms with Gasteiger partial charge < -0.3 is 20.7 Å². The first-order valence-corrected chi connectivity index (χ1v) is 10.8. The summed E-state index contributed by atoms with van der Waals surface area (Å²) in [6.07, 6.45) is 1.54. The Bertz CT molecular complexity index is 860. The lowest BCUT2D eigenvalue weighted by Crippen LogP contribution is -2.45. The third-order valence-electron chi connectivity index (χ3n) is 3.99. The van der Waals surface area contributed by atoms with Crippen molar-refractivity contribution >= 4 is 40.6 Å². The van der Waals surface area contributed by atoms with E-state index in [0.29, 0.717) is 22.7 Å². The molecular formula is C22H29N3O4S. The minimum absolute atomic E-state index is 0.208. The average molecular weight is 432 g/mol. The van der Waals surface area contributed by atoms with E-state index in [-0.39, 0.29) is 11.8 Å². The number of unbranched alkanes of at least 4 members (excludes halogenated alkanes) is 1. The molecule has 1 atom stereocenters. The predicted octanol–water partition coefficient (Wildman–Crippen LogP) is 5.02. The number of benzene rings is 1. The van der Waals surface area contributed by atoms with Crippen LogP contribution in [0.4, 0.5) is 16.2 Å². The summed E-state index contributed by atoms with van der Waals surface area (Å²) in [5.74, 6) is -0.545. The Kier molecular flexibility index (Phi) is 8.41. The Morgan fingerprint density at radius 3 is 2.37 bits per heavy atom. The van der Waals surface area contributed by atoms with Crippen LogP contribution in [0.3, 0.4) is 0 Å². The minimum Gasteiger partial charge on any atom is -0.444 e. The lowest BCUT2D eigenvalue weighted by Gasteiger charge is -2.23. The molecule has 0 bridgehead atoms. The van der Waals surface area contributed by atoms with Gasteiger partial charge in [0.05, 0.1) is 4.88 Å². The van der Waals surface area contributed by atoms with Crippen LogP contribution < -0.4 is 16.0 Å². The molecular weight excluding hydrogens is 402 g/mol. The van der Waals surface area contributed by atoms with E-state index >= 15 is 0 Å². The van der Waals surface area contributed by atoms with Gasteiger partial charge >= 0.3 is 6.09 Å². The lowest BCUT2D eigenvalue weighted by atomic mass is 10.1. The van der Waals surface area contributed by atoms with Crippen LogP contribution in [-0.4, -0.2) is 29.6 Å². The normalized spacial score (nSPS) is 12.0. The number of hydrogen-bond acceptors (Lipinski definition) is 5. The van der Waals surface area contributed by atoms with E-state index in [1.807, 2.05) is 18.4 Å². The summed E-state index contributed by atoms with van der Waals surface area (Å²) in [6, 6.07) is 9.72. The smallest absolute Gasteiger partial charge is 0.408 e. The summed E-state index contributed by atoms with van der Waals surface area (Å²) in [5, 5.41) is 10.1. The highest BCUT2D eigenvalue weighted by atomic mass is 32.1. The van der Waals surface area contributed by atoms with E-state index in [1.54, 1.807) is 51.1 Å². The maximum absolute atomic E-state index is 12.8. The summed E-state index contributed by atoms with van der Waals surface area (Å²) in [4.78, 5) is 37.7. The highest BCUT2D eigenvalue weighted by Gasteiger charge is 2.24. The Balaban J connectivity index is 2.03. The maximum Gasteiger partial charge on any atom is 0.408 e. The molecule has 0 fully saturated rings. The number of thiophene rings is 1. The van der Waals surface area contributed by atoms with Crippen molar-refractivity contribution in [2.45, 2.75) is 58.6 Å². The first-order chi connectivity index (χ1) is 14.2. The topological polar surface area (TPSA) is 96.5 Å². The van der Waals surface area contributed by atoms with Gasteiger partial charge in [-0.1, -0.05) is 31.9 Å². The van der Waals surface area contributed by atoms with Crippen molar-refractivity contribution in [3.63, 3.8) is 0 Å². The molecule has 0 aliphatic rings. The summed E-state index contributed by atoms with van der Waals surface area (Å²) < 4.78 is 5.27. The number of rotatable bonds is 8. The van der Waals surface area contributed by atoms with Crippen LogP contribution in [0.1, 0.15) is 56.6 Å². The first kappa shape index (κ1) is 23.4. The quantitative estimate of drug-likeness (QED) is 0.547. The van der Waals surface area contributed by atoms with Crippen LogP contribution in [0, 0.1) is 0 Å². The van der Waals surface area contributed by atoms with Gasteiger partial charge in [0, 0.05) is 11.4 Å². The summed E-state index contributed by atoms with van der Waals surface area (Å²) >= 11 is 1.35. The number of alkyl carbamates (subject to hydrolysis) is 1. The molecule has 1 aromatic carbocycles. The van der Waals surface area contributed by atoms with Crippen molar-refractivity contribution in [2.24, 2.45) is 0 Å². The molecule has 1 heterocycles. The average Bonchev–Trinajstić information content (AvgIpc) is 3.18. The van der Waals surface area contributed by atoms with Crippen LogP contribution in [0.25, 0.3) is 0 Å². The Morgan fingerprint density at radius 1 is 1.07 bits per heavy atom. The molecule has 162 valence electrons. The second kappa shape index (κ2) is 10.8. The van der Waals surface area contributed by atoms with E-state index in [9.17, 15) is 14.4 Å². The van der Waals surface area contributed by atoms with Gasteiger partial charge in [-0.05, 0) is 56.8 Å². The number of carbonyl (C=O) groups excluding carboxylic acids is 3. The fraction of sp³-hybridized carbons (Fsp3) is 0.409. The minimum atomic E-state index is -0.718. The molecule has 1 aromatic heterocycles. The Hall–Kier alpha value is -2.87. The molecule has 0 spiro atoms. The molecule has 3 amide bonds. The van der Waals surface area contributed by atoms with Crippen LogP contribution in [0.5, 0.6) is 0 Å². The predicted molar refractivity (Wildman–Crippen MR) is 120 cm³/mol. The zero-order valence-corrected chi connectivity index (χ0v) is 18.6. The monoisotopic (exact) mass is 431 g/mol. The third-order valence-corrected chi connectivity index (χ3v) is 4.86. The number of ether oxygens (including phenoxy) is 1. The Labute approximate surface area is 181 Å². The van der Waals surface area contributed by atoms with Crippen molar-refractivity contribution in [3.8, 4) is 0 Å². The molecule has 0 unspecified atom stereocenters. The van der Waals surface area contributed by atoms with Gasteiger partial charge in [-0.15, -0.1) is 11.3 Å². The van der Waals surface area contributed by atoms with Crippen molar-refractivity contribution in [1.29, 1.82) is 0 Å². The molecule has 7 nitrogen and oxygen atoms in total. The van der Waals surface area contributed by atoms with Crippen molar-refractivity contribution in [3.05, 3.63) is 46.7 Å². The van der Waals surface area contributed by atoms with Gasteiger partial charge in [0.1, 0.15) is 11.6 Å². The van der Waals surface area contributed by atoms with Gasteiger partial charge in [-0.3, -0.25) is 9.59 Å². The van der Waals surface area contributed by atoms with Gasteiger partial charge in [0.15, 0.2) is 0 Å². The van der Waals surface area contributed by atoms with E-state index in [2.05, 4.69) is 16.0 Å². The summed E-state index contributed by atoms with van der Waals surface area (Å²) in [7, 11) is 0. The SMILES string of the molecule is CCCC[C@@H](NC(=O)OC(C)(C)C)C(=O)Nc1cccc(NC(=O)c2cccs2)c1. The molecule has 0 aliphatic carbocycles. The Morgan fingerprint density at radius 2 is 1.77 bits per heavy atom. The molecule has 0 saturated heterocycles. The van der Waals surface area contributed by atoms with Crippen molar-refractivity contribution in [1.82, 2.24) is 5.32 Å². The van der Waals surface area contributed by atoms with Gasteiger partial charge in [-0.25, -0.2) is 4.79 Å². The summed E-state index contributed by atoms with van der Waals surface area (Å²) in [6.45, 7) is 7.32. The summed E-state index contributed by atoms with van der Waals surface area (Å²) in [5.41, 5.74) is 0.443. The molecule has 30 heavy (non-hydrogen) atoms. The maximum atomic E-state index is 12.8. The fourth-order valence-electron chi connectivity index (χ4n) is 2.63. The number of nitrogens with one attached hydrogen (secondary N) is 3. The van der Waals surface area contributed by atoms with Crippen molar-refractivity contribution < 1.29 is 19.1 Å². The molecule has 3 N–H and O–H groups in total. The lowest BCUT2D eigenvalue weighted by molar-refractivity contribution is -0.118. The zero-order chi connectivity index (χ0) is 22.1. The second-order valence-electron chi connectivity index (χ2n) is 7.84. The molecule has 0 aliphatic heterocycles. The third kappa shape index (κ3) is 7.87.